The van der Waals surface area contributed by atoms with Gasteiger partial charge in [0.15, 0.2) is 5.58 Å². The zero-order valence-corrected chi connectivity index (χ0v) is 38.2. The Bertz CT molecular complexity index is 3980. The standard InChI is InChI=1S/C68H43NO/c1-3-21-46(22-4-1)67(57-32-13-7-26-50(57)51-27-8-14-33-58(51)67)47-40-38-44(39-41-47)45-20-19-25-49(42-45)69(48-23-5-2-6-24-48)62-43-56-54-30-11-17-36-61(54)68(65(56)64-55-31-12-18-37-63(55)70-66(62)64)59-34-15-9-28-52(59)53-29-10-16-35-60(53)68/h1-43H. The summed E-state index contributed by atoms with van der Waals surface area (Å²) in [6.07, 6.45) is 0. The molecule has 326 valence electrons. The summed E-state index contributed by atoms with van der Waals surface area (Å²) in [5.74, 6) is 0. The summed E-state index contributed by atoms with van der Waals surface area (Å²) in [5.41, 5.74) is 24.2. The lowest BCUT2D eigenvalue weighted by atomic mass is 9.67. The van der Waals surface area contributed by atoms with E-state index in [1.54, 1.807) is 0 Å². The first-order valence-electron chi connectivity index (χ1n) is 24.3. The fourth-order valence-electron chi connectivity index (χ4n) is 13.1. The van der Waals surface area contributed by atoms with Crippen LogP contribution in [0.1, 0.15) is 44.5 Å². The lowest BCUT2D eigenvalue weighted by molar-refractivity contribution is 0.668. The fraction of sp³-hybridized carbons (Fsp3) is 0.0294. The van der Waals surface area contributed by atoms with Crippen LogP contribution in [0.15, 0.2) is 265 Å². The first-order valence-corrected chi connectivity index (χ1v) is 24.3. The van der Waals surface area contributed by atoms with Crippen LogP contribution >= 0.6 is 0 Å². The van der Waals surface area contributed by atoms with Crippen LogP contribution < -0.4 is 4.90 Å². The smallest absolute Gasteiger partial charge is 0.159 e. The second-order valence-corrected chi connectivity index (χ2v) is 19.0. The number of furan rings is 1. The van der Waals surface area contributed by atoms with Gasteiger partial charge in [0, 0.05) is 22.1 Å². The van der Waals surface area contributed by atoms with Gasteiger partial charge in [0.1, 0.15) is 5.58 Å². The molecule has 0 radical (unpaired) electrons. The number of rotatable bonds is 6. The molecular formula is C68H43NO. The van der Waals surface area contributed by atoms with Crippen molar-refractivity contribution in [1.82, 2.24) is 0 Å². The highest BCUT2D eigenvalue weighted by Crippen LogP contribution is 2.66. The summed E-state index contributed by atoms with van der Waals surface area (Å²) in [4.78, 5) is 2.41. The molecule has 2 heteroatoms. The summed E-state index contributed by atoms with van der Waals surface area (Å²) in [7, 11) is 0. The number of hydrogen-bond acceptors (Lipinski definition) is 2. The highest BCUT2D eigenvalue weighted by atomic mass is 16.3. The van der Waals surface area contributed by atoms with Crippen molar-refractivity contribution in [3.8, 4) is 44.5 Å². The number of para-hydroxylation sites is 2. The predicted octanol–water partition coefficient (Wildman–Crippen LogP) is 17.4. The van der Waals surface area contributed by atoms with Crippen LogP contribution in [0.25, 0.3) is 66.4 Å². The molecular weight excluding hydrogens is 847 g/mol. The quantitative estimate of drug-likeness (QED) is 0.165. The molecule has 0 aliphatic heterocycles. The van der Waals surface area contributed by atoms with E-state index < -0.39 is 10.8 Å². The number of anilines is 3. The van der Waals surface area contributed by atoms with E-state index in [0.717, 1.165) is 50.1 Å². The average molecular weight is 890 g/mol. The zero-order valence-electron chi connectivity index (χ0n) is 38.2. The zero-order chi connectivity index (χ0) is 46.0. The van der Waals surface area contributed by atoms with Crippen LogP contribution in [0.2, 0.25) is 0 Å². The van der Waals surface area contributed by atoms with E-state index in [-0.39, 0.29) is 0 Å². The molecule has 15 rings (SSSR count). The van der Waals surface area contributed by atoms with Crippen LogP contribution in [-0.4, -0.2) is 0 Å². The minimum Gasteiger partial charge on any atom is -0.454 e. The molecule has 0 saturated heterocycles. The summed E-state index contributed by atoms with van der Waals surface area (Å²) >= 11 is 0. The minimum absolute atomic E-state index is 0.454. The molecule has 3 aliphatic rings. The van der Waals surface area contributed by atoms with Gasteiger partial charge in [-0.3, -0.25) is 0 Å². The summed E-state index contributed by atoms with van der Waals surface area (Å²) in [6, 6.07) is 96.3. The number of hydrogen-bond donors (Lipinski definition) is 0. The maximum atomic E-state index is 7.24. The van der Waals surface area contributed by atoms with Gasteiger partial charge in [-0.1, -0.05) is 224 Å². The molecule has 1 heterocycles. The number of fused-ring (bicyclic) bond motifs is 17. The minimum atomic E-state index is -0.534. The van der Waals surface area contributed by atoms with Crippen molar-refractivity contribution >= 4 is 39.0 Å². The van der Waals surface area contributed by atoms with Gasteiger partial charge in [0.2, 0.25) is 0 Å². The Hall–Kier alpha value is -8.98. The van der Waals surface area contributed by atoms with Gasteiger partial charge < -0.3 is 9.32 Å². The highest BCUT2D eigenvalue weighted by molar-refractivity contribution is 6.18. The Morgan fingerprint density at radius 1 is 0.314 bits per heavy atom. The Kier molecular flexibility index (Phi) is 8.24. The maximum absolute atomic E-state index is 7.24. The molecule has 0 bridgehead atoms. The second-order valence-electron chi connectivity index (χ2n) is 19.0. The average Bonchev–Trinajstić information content (AvgIpc) is 4.15. The lowest BCUT2D eigenvalue weighted by Crippen LogP contribution is -2.28. The molecule has 12 aromatic rings. The molecule has 0 amide bonds. The molecule has 0 fully saturated rings. The van der Waals surface area contributed by atoms with Crippen molar-refractivity contribution in [2.75, 3.05) is 4.90 Å². The molecule has 1 spiro atoms. The Morgan fingerprint density at radius 3 is 1.36 bits per heavy atom. The molecule has 11 aromatic carbocycles. The van der Waals surface area contributed by atoms with E-state index in [2.05, 4.69) is 266 Å². The van der Waals surface area contributed by atoms with E-state index >= 15 is 0 Å². The van der Waals surface area contributed by atoms with Gasteiger partial charge in [-0.05, 0) is 125 Å². The van der Waals surface area contributed by atoms with Crippen molar-refractivity contribution < 1.29 is 4.42 Å². The van der Waals surface area contributed by atoms with E-state index in [9.17, 15) is 0 Å². The van der Waals surface area contributed by atoms with Crippen LogP contribution in [0, 0.1) is 0 Å². The van der Waals surface area contributed by atoms with Crippen molar-refractivity contribution in [2.45, 2.75) is 10.8 Å². The third kappa shape index (κ3) is 5.12. The van der Waals surface area contributed by atoms with Gasteiger partial charge in [-0.2, -0.15) is 0 Å². The normalized spacial score (nSPS) is 13.9. The second kappa shape index (κ2) is 14.8. The Balaban J connectivity index is 0.942. The summed E-state index contributed by atoms with van der Waals surface area (Å²) in [6.45, 7) is 0. The van der Waals surface area contributed by atoms with Gasteiger partial charge in [-0.25, -0.2) is 0 Å². The summed E-state index contributed by atoms with van der Waals surface area (Å²) in [5, 5.41) is 2.27. The molecule has 0 unspecified atom stereocenters. The van der Waals surface area contributed by atoms with Crippen molar-refractivity contribution in [2.24, 2.45) is 0 Å². The van der Waals surface area contributed by atoms with Crippen molar-refractivity contribution in [1.29, 1.82) is 0 Å². The number of benzene rings is 11. The van der Waals surface area contributed by atoms with Crippen molar-refractivity contribution in [3.05, 3.63) is 305 Å². The molecule has 1 aromatic heterocycles. The molecule has 0 N–H and O–H groups in total. The van der Waals surface area contributed by atoms with E-state index in [4.69, 9.17) is 4.42 Å². The van der Waals surface area contributed by atoms with Gasteiger partial charge in [0.25, 0.3) is 0 Å². The third-order valence-corrected chi connectivity index (χ3v) is 15.7. The third-order valence-electron chi connectivity index (χ3n) is 15.7. The van der Waals surface area contributed by atoms with Crippen molar-refractivity contribution in [3.63, 3.8) is 0 Å². The first-order chi connectivity index (χ1) is 34.7. The summed E-state index contributed by atoms with van der Waals surface area (Å²) < 4.78 is 7.24. The highest BCUT2D eigenvalue weighted by Gasteiger charge is 2.53. The van der Waals surface area contributed by atoms with Crippen LogP contribution in [0.5, 0.6) is 0 Å². The largest absolute Gasteiger partial charge is 0.454 e. The Labute approximate surface area is 407 Å². The first kappa shape index (κ1) is 39.1. The topological polar surface area (TPSA) is 16.4 Å². The van der Waals surface area contributed by atoms with E-state index in [0.29, 0.717) is 0 Å². The van der Waals surface area contributed by atoms with E-state index in [1.807, 2.05) is 0 Å². The predicted molar refractivity (Wildman–Crippen MR) is 287 cm³/mol. The fourth-order valence-corrected chi connectivity index (χ4v) is 13.1. The molecule has 0 atom stereocenters. The van der Waals surface area contributed by atoms with Gasteiger partial charge >= 0.3 is 0 Å². The monoisotopic (exact) mass is 889 g/mol. The maximum Gasteiger partial charge on any atom is 0.159 e. The lowest BCUT2D eigenvalue weighted by Gasteiger charge is -2.34. The molecule has 0 saturated carbocycles. The molecule has 2 nitrogen and oxygen atoms in total. The Morgan fingerprint density at radius 2 is 0.771 bits per heavy atom. The van der Waals surface area contributed by atoms with Crippen LogP contribution in [0.4, 0.5) is 17.1 Å². The molecule has 3 aliphatic carbocycles. The molecule has 70 heavy (non-hydrogen) atoms. The van der Waals surface area contributed by atoms with Gasteiger partial charge in [0.05, 0.1) is 16.5 Å². The van der Waals surface area contributed by atoms with Crippen LogP contribution in [0.3, 0.4) is 0 Å². The van der Waals surface area contributed by atoms with Crippen LogP contribution in [-0.2, 0) is 10.8 Å². The SMILES string of the molecule is c1ccc(N(c2cccc(-c3ccc(C4(c5ccccc5)c5ccccc5-c5ccccc54)cc3)c2)c2cc3c(c4c2oc2ccccc24)C2(c4ccccc4-c4ccccc42)c2ccccc2-3)cc1. The van der Waals surface area contributed by atoms with Gasteiger partial charge in [-0.15, -0.1) is 0 Å². The van der Waals surface area contributed by atoms with E-state index in [1.165, 1.54) is 77.9 Å². The number of nitrogens with zero attached hydrogens (tertiary/aromatic N) is 1.